The highest BCUT2D eigenvalue weighted by atomic mass is 32.3. The van der Waals surface area contributed by atoms with Crippen molar-refractivity contribution in [3.63, 3.8) is 0 Å². The van der Waals surface area contributed by atoms with Gasteiger partial charge < -0.3 is 79.1 Å². The lowest BCUT2D eigenvalue weighted by Gasteiger charge is -2.49. The smallest absolute Gasteiger partial charge is 0.397 e. The lowest BCUT2D eigenvalue weighted by atomic mass is 9.94. The van der Waals surface area contributed by atoms with Crippen molar-refractivity contribution in [3.8, 4) is 0 Å². The van der Waals surface area contributed by atoms with Crippen LogP contribution in [-0.4, -0.2) is 259 Å². The largest absolute Gasteiger partial charge is 0.479 e. The van der Waals surface area contributed by atoms with Gasteiger partial charge in [0.05, 0.1) is 13.2 Å². The van der Waals surface area contributed by atoms with Crippen LogP contribution in [0.15, 0.2) is 0 Å². The quantitative estimate of drug-likeness (QED) is 0.0503. The Kier molecular flexibility index (Phi) is 18.5. The zero-order valence-corrected chi connectivity index (χ0v) is 36.3. The van der Waals surface area contributed by atoms with Crippen LogP contribution in [0.5, 0.6) is 0 Å². The molecule has 0 spiro atoms. The van der Waals surface area contributed by atoms with Gasteiger partial charge in [-0.25, -0.2) is 22.1 Å². The third-order valence-corrected chi connectivity index (χ3v) is 11.9. The van der Waals surface area contributed by atoms with E-state index >= 15 is 0 Å². The summed E-state index contributed by atoms with van der Waals surface area (Å²) in [5, 5.41) is 95.1. The molecule has 4 saturated heterocycles. The maximum atomic E-state index is 12.5. The number of aliphatic hydroxyl groups is 7. The van der Waals surface area contributed by atoms with Crippen molar-refractivity contribution in [2.75, 3.05) is 13.2 Å². The van der Waals surface area contributed by atoms with Crippen molar-refractivity contribution >= 4 is 63.7 Å². The molecule has 67 heavy (non-hydrogen) atoms. The van der Waals surface area contributed by atoms with E-state index in [2.05, 4.69) is 12.5 Å². The molecule has 0 aromatic rings. The number of nitrogens with one attached hydrogen (secondary N) is 2. The van der Waals surface area contributed by atoms with Crippen molar-refractivity contribution in [2.45, 2.75) is 123 Å². The molecule has 0 unspecified atom stereocenters. The number of aliphatic carboxylic acids is 2. The molecule has 38 nitrogen and oxygen atoms in total. The van der Waals surface area contributed by atoms with Gasteiger partial charge in [0.25, 0.3) is 0 Å². The minimum Gasteiger partial charge on any atom is -0.479 e. The first kappa shape index (κ1) is 57.3. The summed E-state index contributed by atoms with van der Waals surface area (Å²) in [7, 11) is -27.7. The Morgan fingerprint density at radius 2 is 0.866 bits per heavy atom. The average Bonchev–Trinajstić information content (AvgIpc) is 3.15. The summed E-state index contributed by atoms with van der Waals surface area (Å²) in [6, 6.07) is -5.07. The zero-order chi connectivity index (χ0) is 51.1. The van der Waals surface area contributed by atoms with Crippen LogP contribution in [0.1, 0.15) is 0 Å². The van der Waals surface area contributed by atoms with Gasteiger partial charge in [-0.2, -0.15) is 51.5 Å². The van der Waals surface area contributed by atoms with Gasteiger partial charge in [0.15, 0.2) is 43.5 Å². The van der Waals surface area contributed by atoms with E-state index in [9.17, 15) is 116 Å². The lowest BCUT2D eigenvalue weighted by molar-refractivity contribution is -0.369. The summed E-state index contributed by atoms with van der Waals surface area (Å²) in [6.07, 6.45) is -47.5. The highest BCUT2D eigenvalue weighted by Crippen LogP contribution is 2.36. The Labute approximate surface area is 374 Å². The molecule has 0 saturated carbocycles. The predicted molar refractivity (Wildman–Crippen MR) is 191 cm³/mol. The van der Waals surface area contributed by atoms with Crippen LogP contribution in [0.25, 0.3) is 0 Å². The van der Waals surface area contributed by atoms with E-state index in [1.165, 1.54) is 9.44 Å². The first-order valence-corrected chi connectivity index (χ1v) is 24.5. The van der Waals surface area contributed by atoms with E-state index in [0.29, 0.717) is 0 Å². The molecule has 43 heteroatoms. The molecule has 392 valence electrons. The number of hydrogen-bond donors (Lipinski definition) is 16. The molecule has 0 bridgehead atoms. The summed E-state index contributed by atoms with van der Waals surface area (Å²) in [6.45, 7) is -3.10. The summed E-state index contributed by atoms with van der Waals surface area (Å²) in [5.41, 5.74) is 0. The molecule has 0 amide bonds. The molecular formula is C24H40N2O36S5. The first-order chi connectivity index (χ1) is 30.4. The van der Waals surface area contributed by atoms with Gasteiger partial charge in [-0.1, -0.05) is 0 Å². The fourth-order valence-corrected chi connectivity index (χ4v) is 8.93. The van der Waals surface area contributed by atoms with Gasteiger partial charge >= 0.3 is 63.7 Å². The Balaban J connectivity index is 1.72. The fourth-order valence-electron chi connectivity index (χ4n) is 6.64. The van der Waals surface area contributed by atoms with Gasteiger partial charge in [0.1, 0.15) is 79.2 Å². The third-order valence-electron chi connectivity index (χ3n) is 9.38. The SMILES string of the molecule is O=C(O)[C@H]1O[C@@H](O[C@H]2[C@H](O)[C@@H](NS(=O)(=O)O)[C@@H](O[C@H]3[C@H](O)[C@@H](O)[C@H](O[C@H]4[C@H](O)[C@@H](NS(=O)(=O)O)[C@@H](O)O[C@@H]4COS(=O)(=O)O)O[C@@H]3C(=O)O)O[C@@H]2COS(=O)(=O)O)[C@H](OS(=O)(=O)O)[C@@H](O)[C@@H]1O. The van der Waals surface area contributed by atoms with Crippen LogP contribution in [-0.2, 0) is 107 Å². The van der Waals surface area contributed by atoms with E-state index in [1.54, 1.807) is 0 Å². The van der Waals surface area contributed by atoms with Crippen LogP contribution in [0, 0.1) is 0 Å². The van der Waals surface area contributed by atoms with Crippen LogP contribution in [0.3, 0.4) is 0 Å². The molecule has 0 aliphatic carbocycles. The summed E-state index contributed by atoms with van der Waals surface area (Å²) < 4.78 is 214. The van der Waals surface area contributed by atoms with Crippen molar-refractivity contribution < 1.29 is 166 Å². The maximum Gasteiger partial charge on any atom is 0.397 e. The van der Waals surface area contributed by atoms with Gasteiger partial charge in [0, 0.05) is 0 Å². The van der Waals surface area contributed by atoms with Crippen LogP contribution >= 0.6 is 0 Å². The molecule has 4 rings (SSSR count). The van der Waals surface area contributed by atoms with Gasteiger partial charge in [-0.05, 0) is 0 Å². The number of hydrogen-bond acceptors (Lipinski definition) is 29. The fraction of sp³-hybridized carbons (Fsp3) is 0.917. The number of carboxylic acid groups (broad SMARTS) is 2. The van der Waals surface area contributed by atoms with E-state index < -0.39 is 200 Å². The highest BCUT2D eigenvalue weighted by Gasteiger charge is 2.58. The minimum atomic E-state index is -5.73. The maximum absolute atomic E-state index is 12.5. The topological polar surface area (TPSA) is 604 Å². The Morgan fingerprint density at radius 1 is 0.448 bits per heavy atom. The molecule has 4 fully saturated rings. The normalized spacial score (nSPS) is 40.5. The van der Waals surface area contributed by atoms with Crippen molar-refractivity contribution in [3.05, 3.63) is 0 Å². The van der Waals surface area contributed by atoms with Crippen LogP contribution in [0.2, 0.25) is 0 Å². The van der Waals surface area contributed by atoms with E-state index in [1.807, 2.05) is 0 Å². The standard InChI is InChI=1S/C24H40N2O36S5/c27-7-5(25-63(38,39)40)21(37)55-3(1-53-65(44,45)46)13(7)57-23-12(32)11(31)15(18(61-23)20(35)36)59-22-6(26-64(41,42)43)8(28)14(4(56-22)2-54-66(47,48)49)58-24-17(62-67(50,51)52)10(30)9(29)16(60-24)19(33)34/h3-18,21-32,37H,1-2H2,(H,33,34)(H,35,36)(H,38,39,40)(H,41,42,43)(H,44,45,46)(H,47,48,49)(H,50,51,52)/t3-,4-,5-,6-,7-,8-,9+,10+,11-,12-,13-,14-,15+,16+,17-,18+,21+,22-,23-,24-/m1/s1. The van der Waals surface area contributed by atoms with Gasteiger partial charge in [-0.3, -0.25) is 22.8 Å². The molecule has 4 aliphatic rings. The monoisotopic (exact) mass is 1090 g/mol. The van der Waals surface area contributed by atoms with E-state index in [4.69, 9.17) is 37.7 Å². The number of carboxylic acids is 2. The van der Waals surface area contributed by atoms with Crippen molar-refractivity contribution in [1.82, 2.24) is 9.44 Å². The number of aliphatic hydroxyl groups excluding tert-OH is 7. The number of carbonyl (C=O) groups is 2. The summed E-state index contributed by atoms with van der Waals surface area (Å²) in [4.78, 5) is 24.3. The van der Waals surface area contributed by atoms with Crippen molar-refractivity contribution in [2.24, 2.45) is 0 Å². The van der Waals surface area contributed by atoms with Crippen LogP contribution in [0.4, 0.5) is 0 Å². The minimum absolute atomic E-state index is 1.28. The van der Waals surface area contributed by atoms with E-state index in [0.717, 1.165) is 0 Å². The Hall–Kier alpha value is -2.27. The molecule has 4 heterocycles. The third kappa shape index (κ3) is 15.6. The number of rotatable bonds is 20. The first-order valence-electron chi connectivity index (χ1n) is 17.6. The zero-order valence-electron chi connectivity index (χ0n) is 32.2. The average molecular weight is 1090 g/mol. The molecule has 0 aromatic carbocycles. The second-order valence-electron chi connectivity index (χ2n) is 14.0. The molecule has 20 atom stereocenters. The molecule has 4 aliphatic heterocycles. The Bertz CT molecular complexity index is 2320. The summed E-state index contributed by atoms with van der Waals surface area (Å²) >= 11 is 0. The summed E-state index contributed by atoms with van der Waals surface area (Å²) in [5.74, 6) is -4.35. The lowest BCUT2D eigenvalue weighted by Crippen LogP contribution is -2.70. The van der Waals surface area contributed by atoms with Gasteiger partial charge in [0.2, 0.25) is 0 Å². The highest BCUT2D eigenvalue weighted by molar-refractivity contribution is 7.84. The second-order valence-corrected chi connectivity index (χ2v) is 19.6. The molecular weight excluding hydrogens is 1050 g/mol. The predicted octanol–water partition coefficient (Wildman–Crippen LogP) is -11.3. The molecule has 0 aromatic heterocycles. The van der Waals surface area contributed by atoms with Crippen LogP contribution < -0.4 is 9.44 Å². The van der Waals surface area contributed by atoms with Gasteiger partial charge in [-0.15, -0.1) is 0 Å². The molecule has 0 radical (unpaired) electrons. The van der Waals surface area contributed by atoms with E-state index in [-0.39, 0.29) is 0 Å². The Morgan fingerprint density at radius 3 is 1.33 bits per heavy atom. The second kappa shape index (κ2) is 21.6. The van der Waals surface area contributed by atoms with Crippen molar-refractivity contribution in [1.29, 1.82) is 0 Å². The molecule has 16 N–H and O–H groups in total. The number of ether oxygens (including phenoxy) is 7.